The Hall–Kier alpha value is -2.57. The highest BCUT2D eigenvalue weighted by Gasteiger charge is 2.15. The van der Waals surface area contributed by atoms with Crippen molar-refractivity contribution in [2.24, 2.45) is 0 Å². The fraction of sp³-hybridized carbons (Fsp3) is 0.250. The van der Waals surface area contributed by atoms with Crippen LogP contribution in [0.4, 0.5) is 5.69 Å². The van der Waals surface area contributed by atoms with Crippen LogP contribution < -0.4 is 10.6 Å². The molecule has 0 bridgehead atoms. The number of carbonyl (C=O) groups excluding carboxylic acids is 3. The van der Waals surface area contributed by atoms with Crippen molar-refractivity contribution in [2.45, 2.75) is 13.8 Å². The largest absolute Gasteiger partial charge is 0.343 e. The average Bonchev–Trinajstić information content (AvgIpc) is 2.64. The van der Waals surface area contributed by atoms with Crippen LogP contribution in [0.3, 0.4) is 0 Å². The van der Waals surface area contributed by atoms with Gasteiger partial charge in [-0.1, -0.05) is 29.3 Å². The third kappa shape index (κ3) is 5.97. The van der Waals surface area contributed by atoms with Gasteiger partial charge in [-0.3, -0.25) is 14.4 Å². The van der Waals surface area contributed by atoms with Gasteiger partial charge in [0.2, 0.25) is 11.8 Å². The van der Waals surface area contributed by atoms with Gasteiger partial charge in [0.15, 0.2) is 0 Å². The summed E-state index contributed by atoms with van der Waals surface area (Å²) in [7, 11) is 1.49. The van der Waals surface area contributed by atoms with E-state index in [1.165, 1.54) is 18.0 Å². The summed E-state index contributed by atoms with van der Waals surface area (Å²) in [4.78, 5) is 37.7. The molecule has 2 aromatic rings. The van der Waals surface area contributed by atoms with Gasteiger partial charge in [0.1, 0.15) is 0 Å². The molecule has 0 spiro atoms. The number of nitrogens with zero attached hydrogens (tertiary/aromatic N) is 1. The highest BCUT2D eigenvalue weighted by molar-refractivity contribution is 6.42. The molecule has 148 valence electrons. The third-order valence-corrected chi connectivity index (χ3v) is 4.92. The fourth-order valence-electron chi connectivity index (χ4n) is 2.35. The Kier molecular flexibility index (Phi) is 7.43. The maximum atomic E-state index is 12.2. The molecule has 0 saturated carbocycles. The van der Waals surface area contributed by atoms with E-state index >= 15 is 0 Å². The number of likely N-dealkylation sites (N-methyl/N-ethyl adjacent to an activating group) is 1. The van der Waals surface area contributed by atoms with E-state index in [9.17, 15) is 14.4 Å². The van der Waals surface area contributed by atoms with Crippen molar-refractivity contribution in [3.63, 3.8) is 0 Å². The molecule has 0 aliphatic heterocycles. The van der Waals surface area contributed by atoms with Crippen molar-refractivity contribution in [3.05, 3.63) is 63.1 Å². The zero-order valence-corrected chi connectivity index (χ0v) is 17.3. The van der Waals surface area contributed by atoms with Crippen LogP contribution in [0.25, 0.3) is 0 Å². The van der Waals surface area contributed by atoms with Gasteiger partial charge in [0.25, 0.3) is 5.91 Å². The lowest BCUT2D eigenvalue weighted by molar-refractivity contribution is -0.132. The molecule has 0 radical (unpaired) electrons. The van der Waals surface area contributed by atoms with Crippen LogP contribution in [0.1, 0.15) is 21.5 Å². The molecular weight excluding hydrogens is 401 g/mol. The van der Waals surface area contributed by atoms with Gasteiger partial charge in [-0.2, -0.15) is 0 Å². The zero-order chi connectivity index (χ0) is 20.8. The second-order valence-electron chi connectivity index (χ2n) is 6.41. The summed E-state index contributed by atoms with van der Waals surface area (Å²) >= 11 is 11.7. The standard InChI is InChI=1S/C20H21Cl2N3O3/c1-12-4-5-14(8-13(12)2)20(28)23-10-19(27)25(3)11-18(26)24-15-6-7-16(21)17(22)9-15/h4-9H,10-11H2,1-3H3,(H,23,28)(H,24,26). The van der Waals surface area contributed by atoms with Crippen LogP contribution >= 0.6 is 23.2 Å². The van der Waals surface area contributed by atoms with E-state index in [0.29, 0.717) is 21.3 Å². The molecule has 3 amide bonds. The molecule has 0 saturated heterocycles. The molecule has 2 N–H and O–H groups in total. The number of aryl methyl sites for hydroxylation is 2. The van der Waals surface area contributed by atoms with Crippen molar-refractivity contribution >= 4 is 46.6 Å². The summed E-state index contributed by atoms with van der Waals surface area (Å²) in [5.74, 6) is -1.12. The predicted octanol–water partition coefficient (Wildman–Crippen LogP) is 3.44. The number of nitrogens with one attached hydrogen (secondary N) is 2. The van der Waals surface area contributed by atoms with Crippen molar-refractivity contribution in [2.75, 3.05) is 25.5 Å². The van der Waals surface area contributed by atoms with Gasteiger partial charge < -0.3 is 15.5 Å². The predicted molar refractivity (Wildman–Crippen MR) is 111 cm³/mol. The molecule has 0 atom stereocenters. The van der Waals surface area contributed by atoms with E-state index in [1.807, 2.05) is 19.9 Å². The SMILES string of the molecule is Cc1ccc(C(=O)NCC(=O)N(C)CC(=O)Nc2ccc(Cl)c(Cl)c2)cc1C. The number of benzene rings is 2. The lowest BCUT2D eigenvalue weighted by Gasteiger charge is -2.17. The molecule has 0 aromatic heterocycles. The Morgan fingerprint density at radius 1 is 0.964 bits per heavy atom. The number of hydrogen-bond acceptors (Lipinski definition) is 3. The summed E-state index contributed by atoms with van der Waals surface area (Å²) in [5, 5.41) is 5.90. The highest BCUT2D eigenvalue weighted by Crippen LogP contribution is 2.24. The van der Waals surface area contributed by atoms with Crippen molar-refractivity contribution < 1.29 is 14.4 Å². The van der Waals surface area contributed by atoms with Gasteiger partial charge in [0.05, 0.1) is 23.1 Å². The minimum absolute atomic E-state index is 0.168. The Morgan fingerprint density at radius 2 is 1.68 bits per heavy atom. The van der Waals surface area contributed by atoms with E-state index in [0.717, 1.165) is 11.1 Å². The van der Waals surface area contributed by atoms with Crippen LogP contribution in [-0.2, 0) is 9.59 Å². The number of rotatable bonds is 6. The van der Waals surface area contributed by atoms with Crippen LogP contribution in [0, 0.1) is 13.8 Å². The van der Waals surface area contributed by atoms with E-state index in [1.54, 1.807) is 24.3 Å². The summed E-state index contributed by atoms with van der Waals surface area (Å²) in [6.45, 7) is 3.50. The average molecular weight is 422 g/mol. The first-order valence-electron chi connectivity index (χ1n) is 8.51. The molecule has 0 heterocycles. The molecule has 8 heteroatoms. The van der Waals surface area contributed by atoms with Gasteiger partial charge in [-0.15, -0.1) is 0 Å². The number of carbonyl (C=O) groups is 3. The Morgan fingerprint density at radius 3 is 2.32 bits per heavy atom. The number of anilines is 1. The second kappa shape index (κ2) is 9.57. The second-order valence-corrected chi connectivity index (χ2v) is 7.22. The minimum atomic E-state index is -0.394. The minimum Gasteiger partial charge on any atom is -0.343 e. The molecule has 2 rings (SSSR count). The first-order valence-corrected chi connectivity index (χ1v) is 9.27. The molecule has 28 heavy (non-hydrogen) atoms. The summed E-state index contributed by atoms with van der Waals surface area (Å²) in [6.07, 6.45) is 0. The molecule has 2 aromatic carbocycles. The van der Waals surface area contributed by atoms with E-state index in [-0.39, 0.29) is 24.9 Å². The van der Waals surface area contributed by atoms with Crippen LogP contribution in [0.15, 0.2) is 36.4 Å². The summed E-state index contributed by atoms with van der Waals surface area (Å²) in [5.41, 5.74) is 3.04. The molecule has 0 fully saturated rings. The van der Waals surface area contributed by atoms with Crippen molar-refractivity contribution in [3.8, 4) is 0 Å². The van der Waals surface area contributed by atoms with Gasteiger partial charge >= 0.3 is 0 Å². The van der Waals surface area contributed by atoms with E-state index < -0.39 is 5.91 Å². The monoisotopic (exact) mass is 421 g/mol. The van der Waals surface area contributed by atoms with Crippen LogP contribution in [-0.4, -0.2) is 42.8 Å². The van der Waals surface area contributed by atoms with Crippen molar-refractivity contribution in [1.29, 1.82) is 0 Å². The van der Waals surface area contributed by atoms with Gasteiger partial charge in [-0.25, -0.2) is 0 Å². The molecule has 0 aliphatic rings. The quantitative estimate of drug-likeness (QED) is 0.749. The first-order chi connectivity index (χ1) is 13.2. The molecule has 0 aliphatic carbocycles. The Bertz CT molecular complexity index is 916. The van der Waals surface area contributed by atoms with Crippen LogP contribution in [0.5, 0.6) is 0 Å². The first kappa shape index (κ1) is 21.7. The highest BCUT2D eigenvalue weighted by atomic mass is 35.5. The topological polar surface area (TPSA) is 78.5 Å². The smallest absolute Gasteiger partial charge is 0.251 e. The summed E-state index contributed by atoms with van der Waals surface area (Å²) in [6, 6.07) is 10.0. The number of amides is 3. The van der Waals surface area contributed by atoms with Gasteiger partial charge in [-0.05, 0) is 55.3 Å². The normalized spacial score (nSPS) is 10.3. The zero-order valence-electron chi connectivity index (χ0n) is 15.8. The number of hydrogen-bond donors (Lipinski definition) is 2. The molecular formula is C20H21Cl2N3O3. The Balaban J connectivity index is 1.84. The van der Waals surface area contributed by atoms with Gasteiger partial charge in [0, 0.05) is 18.3 Å². The molecule has 0 unspecified atom stereocenters. The van der Waals surface area contributed by atoms with Crippen LogP contribution in [0.2, 0.25) is 10.0 Å². The maximum absolute atomic E-state index is 12.2. The van der Waals surface area contributed by atoms with E-state index in [4.69, 9.17) is 23.2 Å². The summed E-state index contributed by atoms with van der Waals surface area (Å²) < 4.78 is 0. The lowest BCUT2D eigenvalue weighted by atomic mass is 10.1. The molecule has 6 nitrogen and oxygen atoms in total. The van der Waals surface area contributed by atoms with Crippen molar-refractivity contribution in [1.82, 2.24) is 10.2 Å². The lowest BCUT2D eigenvalue weighted by Crippen LogP contribution is -2.41. The maximum Gasteiger partial charge on any atom is 0.251 e. The third-order valence-electron chi connectivity index (χ3n) is 4.18. The Labute approximate surface area is 173 Å². The fourth-order valence-corrected chi connectivity index (χ4v) is 2.65. The number of halogens is 2. The van der Waals surface area contributed by atoms with E-state index in [2.05, 4.69) is 10.6 Å².